The van der Waals surface area contributed by atoms with Crippen molar-refractivity contribution in [1.82, 2.24) is 4.98 Å². The van der Waals surface area contributed by atoms with Crippen molar-refractivity contribution in [2.45, 2.75) is 13.3 Å². The fourth-order valence-electron chi connectivity index (χ4n) is 2.59. The fourth-order valence-corrected chi connectivity index (χ4v) is 2.59. The summed E-state index contributed by atoms with van der Waals surface area (Å²) < 4.78 is 14.4. The number of halogens is 1. The maximum absolute atomic E-state index is 14.4. The van der Waals surface area contributed by atoms with Gasteiger partial charge in [-0.3, -0.25) is 9.98 Å². The minimum atomic E-state index is -0.264. The molecular weight excluding hydrogens is 281 g/mol. The summed E-state index contributed by atoms with van der Waals surface area (Å²) in [5.74, 6) is -0.264. The number of hydrogen-bond acceptors (Lipinski definition) is 4. The lowest BCUT2D eigenvalue weighted by Gasteiger charge is -2.12. The van der Waals surface area contributed by atoms with Crippen molar-refractivity contribution < 1.29 is 9.50 Å². The van der Waals surface area contributed by atoms with Gasteiger partial charge in [-0.15, -0.1) is 0 Å². The van der Waals surface area contributed by atoms with E-state index in [-0.39, 0.29) is 12.4 Å². The van der Waals surface area contributed by atoms with E-state index in [0.717, 1.165) is 27.9 Å². The Bertz CT molecular complexity index is 768. The number of aryl methyl sites for hydroxylation is 1. The van der Waals surface area contributed by atoms with Gasteiger partial charge in [-0.1, -0.05) is 0 Å². The molecule has 0 spiro atoms. The Kier molecular flexibility index (Phi) is 4.15. The second-order valence-electron chi connectivity index (χ2n) is 5.35. The number of aliphatic hydroxyl groups is 1. The summed E-state index contributed by atoms with van der Waals surface area (Å²) in [5, 5.41) is 12.9. The number of aliphatic hydroxyl groups excluding tert-OH is 1. The molecule has 1 aromatic heterocycles. The van der Waals surface area contributed by atoms with Gasteiger partial charge in [-0.05, 0) is 43.2 Å². The molecule has 2 N–H and O–H groups in total. The highest BCUT2D eigenvalue weighted by Crippen LogP contribution is 2.29. The maximum Gasteiger partial charge on any atom is 0.131 e. The van der Waals surface area contributed by atoms with Crippen LogP contribution in [0.15, 0.2) is 29.3 Å². The number of hydrogen-bond donors (Lipinski definition) is 2. The Balaban J connectivity index is 2.05. The molecule has 1 aliphatic rings. The van der Waals surface area contributed by atoms with Gasteiger partial charge in [0, 0.05) is 41.7 Å². The summed E-state index contributed by atoms with van der Waals surface area (Å²) in [7, 11) is 0. The monoisotopic (exact) mass is 299 g/mol. The molecule has 0 amide bonds. The van der Waals surface area contributed by atoms with Gasteiger partial charge >= 0.3 is 0 Å². The quantitative estimate of drug-likeness (QED) is 0.835. The Hall–Kier alpha value is -2.27. The van der Waals surface area contributed by atoms with Crippen LogP contribution in [0.4, 0.5) is 10.1 Å². The second kappa shape index (κ2) is 6.23. The third-order valence-electron chi connectivity index (χ3n) is 3.66. The molecule has 1 aromatic carbocycles. The van der Waals surface area contributed by atoms with E-state index in [9.17, 15) is 4.39 Å². The summed E-state index contributed by atoms with van der Waals surface area (Å²) in [5.41, 5.74) is 3.91. The molecule has 0 radical (unpaired) electrons. The van der Waals surface area contributed by atoms with Gasteiger partial charge in [0.15, 0.2) is 0 Å². The van der Waals surface area contributed by atoms with Gasteiger partial charge in [-0.25, -0.2) is 4.39 Å². The van der Waals surface area contributed by atoms with Crippen molar-refractivity contribution in [2.75, 3.05) is 25.0 Å². The first-order chi connectivity index (χ1) is 10.7. The van der Waals surface area contributed by atoms with Crippen LogP contribution in [0.5, 0.6) is 0 Å². The number of pyridine rings is 1. The first-order valence-corrected chi connectivity index (χ1v) is 7.34. The largest absolute Gasteiger partial charge is 0.396 e. The predicted octanol–water partition coefficient (Wildman–Crippen LogP) is 2.94. The molecule has 0 aliphatic carbocycles. The summed E-state index contributed by atoms with van der Waals surface area (Å²) in [6.45, 7) is 3.19. The van der Waals surface area contributed by atoms with Crippen LogP contribution in [0.1, 0.15) is 17.7 Å². The molecule has 2 heterocycles. The lowest BCUT2D eigenvalue weighted by molar-refractivity contribution is 0.292. The molecule has 0 bridgehead atoms. The van der Waals surface area contributed by atoms with E-state index in [1.807, 2.05) is 19.1 Å². The second-order valence-corrected chi connectivity index (χ2v) is 5.35. The highest BCUT2D eigenvalue weighted by atomic mass is 19.1. The van der Waals surface area contributed by atoms with Crippen molar-refractivity contribution in [3.05, 3.63) is 41.3 Å². The van der Waals surface area contributed by atoms with Crippen molar-refractivity contribution in [3.63, 3.8) is 0 Å². The van der Waals surface area contributed by atoms with E-state index in [0.29, 0.717) is 25.1 Å². The van der Waals surface area contributed by atoms with Crippen LogP contribution in [-0.2, 0) is 0 Å². The Morgan fingerprint density at radius 1 is 1.32 bits per heavy atom. The number of anilines is 1. The lowest BCUT2D eigenvalue weighted by atomic mass is 10.0. The zero-order valence-electron chi connectivity index (χ0n) is 12.4. The van der Waals surface area contributed by atoms with Crippen molar-refractivity contribution in [2.24, 2.45) is 4.99 Å². The van der Waals surface area contributed by atoms with Gasteiger partial charge in [0.2, 0.25) is 0 Å². The first-order valence-electron chi connectivity index (χ1n) is 7.34. The van der Waals surface area contributed by atoms with Crippen LogP contribution < -0.4 is 5.32 Å². The van der Waals surface area contributed by atoms with E-state index in [1.54, 1.807) is 12.3 Å². The molecule has 0 saturated carbocycles. The smallest absolute Gasteiger partial charge is 0.131 e. The maximum atomic E-state index is 14.4. The predicted molar refractivity (Wildman–Crippen MR) is 88.0 cm³/mol. The third kappa shape index (κ3) is 2.85. The van der Waals surface area contributed by atoms with E-state index in [1.165, 1.54) is 6.07 Å². The summed E-state index contributed by atoms with van der Waals surface area (Å²) in [6.07, 6.45) is 4.18. The van der Waals surface area contributed by atoms with Crippen LogP contribution in [0.25, 0.3) is 16.5 Å². The van der Waals surface area contributed by atoms with Gasteiger partial charge < -0.3 is 10.4 Å². The van der Waals surface area contributed by atoms with Gasteiger partial charge in [-0.2, -0.15) is 0 Å². The molecule has 3 rings (SSSR count). The Morgan fingerprint density at radius 3 is 2.91 bits per heavy atom. The summed E-state index contributed by atoms with van der Waals surface area (Å²) in [4.78, 5) is 8.62. The fraction of sp³-hybridized carbons (Fsp3) is 0.294. The summed E-state index contributed by atoms with van der Waals surface area (Å²) >= 11 is 0. The van der Waals surface area contributed by atoms with Crippen molar-refractivity contribution in [3.8, 4) is 0 Å². The van der Waals surface area contributed by atoms with Gasteiger partial charge in [0.25, 0.3) is 0 Å². The zero-order chi connectivity index (χ0) is 15.5. The zero-order valence-corrected chi connectivity index (χ0v) is 12.4. The lowest BCUT2D eigenvalue weighted by Crippen LogP contribution is -2.05. The minimum absolute atomic E-state index is 0.127. The van der Waals surface area contributed by atoms with Crippen LogP contribution in [0.2, 0.25) is 0 Å². The van der Waals surface area contributed by atoms with Crippen LogP contribution in [0.3, 0.4) is 0 Å². The number of rotatable bonds is 5. The van der Waals surface area contributed by atoms with Crippen LogP contribution >= 0.6 is 0 Å². The van der Waals surface area contributed by atoms with Crippen LogP contribution in [-0.4, -0.2) is 36.0 Å². The van der Waals surface area contributed by atoms with Crippen molar-refractivity contribution in [1.29, 1.82) is 0 Å². The molecule has 22 heavy (non-hydrogen) atoms. The number of aromatic nitrogens is 1. The molecule has 2 aromatic rings. The van der Waals surface area contributed by atoms with Crippen LogP contribution in [0, 0.1) is 12.7 Å². The molecule has 0 fully saturated rings. The molecule has 0 saturated heterocycles. The van der Waals surface area contributed by atoms with Gasteiger partial charge in [0.1, 0.15) is 5.82 Å². The highest BCUT2D eigenvalue weighted by molar-refractivity contribution is 5.96. The topological polar surface area (TPSA) is 57.5 Å². The number of allylic oxidation sites excluding steroid dienone is 1. The number of aliphatic imine (C=N–C) groups is 1. The number of nitrogens with one attached hydrogen (secondary N) is 1. The molecule has 1 aliphatic heterocycles. The molecule has 0 atom stereocenters. The average molecular weight is 299 g/mol. The number of fused-ring (bicyclic) bond motifs is 1. The normalized spacial score (nSPS) is 13.7. The van der Waals surface area contributed by atoms with Gasteiger partial charge in [0.05, 0.1) is 12.1 Å². The first kappa shape index (κ1) is 14.7. The van der Waals surface area contributed by atoms with E-state index >= 15 is 0 Å². The summed E-state index contributed by atoms with van der Waals surface area (Å²) in [6, 6.07) is 5.21. The molecule has 0 unspecified atom stereocenters. The Labute approximate surface area is 128 Å². The Morgan fingerprint density at radius 2 is 2.18 bits per heavy atom. The third-order valence-corrected chi connectivity index (χ3v) is 3.66. The van der Waals surface area contributed by atoms with E-state index < -0.39 is 0 Å². The molecule has 4 nitrogen and oxygen atoms in total. The standard InChI is InChI=1S/C17H18FN3O/c1-11-7-16(20-4-2-6-22)14-8-15(18)13(9-17(14)21-11)12-3-5-19-10-12/h3,5,7-9,22H,2,4,6,10H2,1H3,(H,20,21). The number of nitrogens with zero attached hydrogens (tertiary/aromatic N) is 2. The average Bonchev–Trinajstić information content (AvgIpc) is 3.01. The minimum Gasteiger partial charge on any atom is -0.396 e. The number of benzene rings is 1. The molecule has 5 heteroatoms. The molecular formula is C17H18FN3O. The highest BCUT2D eigenvalue weighted by Gasteiger charge is 2.14. The molecule has 114 valence electrons. The SMILES string of the molecule is Cc1cc(NCCCO)c2cc(F)c(C3=CC=NC3)cc2n1. The van der Waals surface area contributed by atoms with E-state index in [2.05, 4.69) is 15.3 Å². The van der Waals surface area contributed by atoms with Crippen molar-refractivity contribution >= 4 is 28.4 Å². The van der Waals surface area contributed by atoms with E-state index in [4.69, 9.17) is 5.11 Å².